The summed E-state index contributed by atoms with van der Waals surface area (Å²) < 4.78 is 2.27. The molecule has 116 valence electrons. The molecule has 0 unspecified atom stereocenters. The maximum Gasteiger partial charge on any atom is 0.253 e. The smallest absolute Gasteiger partial charge is 0.253 e. The third kappa shape index (κ3) is 3.01. The van der Waals surface area contributed by atoms with Crippen LogP contribution in [0.1, 0.15) is 46.2 Å². The largest absolute Gasteiger partial charge is 0.348 e. The molecule has 0 atom stereocenters. The molecule has 1 N–H and O–H groups in total. The normalized spacial score (nSPS) is 14.2. The van der Waals surface area contributed by atoms with Crippen LogP contribution in [-0.4, -0.2) is 10.5 Å². The van der Waals surface area contributed by atoms with Gasteiger partial charge in [0.15, 0.2) is 0 Å². The minimum atomic E-state index is -0.0639. The molecule has 0 aliphatic heterocycles. The lowest BCUT2D eigenvalue weighted by molar-refractivity contribution is 0.0950. The van der Waals surface area contributed by atoms with E-state index in [1.54, 1.807) is 12.1 Å². The van der Waals surface area contributed by atoms with E-state index in [9.17, 15) is 4.79 Å². The van der Waals surface area contributed by atoms with Gasteiger partial charge in [-0.25, -0.2) is 0 Å². The average Bonchev–Trinajstić information content (AvgIpc) is 3.24. The Hall–Kier alpha value is -1.45. The van der Waals surface area contributed by atoms with E-state index in [1.165, 1.54) is 12.8 Å². The number of hydrogen-bond acceptors (Lipinski definition) is 1. The Kier molecular flexibility index (Phi) is 4.20. The molecule has 1 aromatic heterocycles. The number of benzene rings is 1. The van der Waals surface area contributed by atoms with Crippen LogP contribution >= 0.6 is 23.2 Å². The SMILES string of the molecule is Cc1cc(C(=O)NCc2ccc(Cl)cc2Cl)c(C)n1C1CC1. The summed E-state index contributed by atoms with van der Waals surface area (Å²) in [7, 11) is 0. The quantitative estimate of drug-likeness (QED) is 0.864. The zero-order valence-corrected chi connectivity index (χ0v) is 14.1. The van der Waals surface area contributed by atoms with Gasteiger partial charge in [0, 0.05) is 34.0 Å². The molecular formula is C17H18Cl2N2O. The standard InChI is InChI=1S/C17H18Cl2N2O/c1-10-7-15(11(2)21(10)14-5-6-14)17(22)20-9-12-3-4-13(18)8-16(12)19/h3-4,7-8,14H,5-6,9H2,1-2H3,(H,20,22). The maximum absolute atomic E-state index is 12.4. The summed E-state index contributed by atoms with van der Waals surface area (Å²) in [6, 6.07) is 7.83. The van der Waals surface area contributed by atoms with Crippen LogP contribution < -0.4 is 5.32 Å². The molecule has 3 nitrogen and oxygen atoms in total. The van der Waals surface area contributed by atoms with Gasteiger partial charge in [-0.15, -0.1) is 0 Å². The van der Waals surface area contributed by atoms with Crippen molar-refractivity contribution in [1.82, 2.24) is 9.88 Å². The molecule has 1 saturated carbocycles. The topological polar surface area (TPSA) is 34.0 Å². The van der Waals surface area contributed by atoms with Crippen molar-refractivity contribution in [2.75, 3.05) is 0 Å². The molecule has 1 aliphatic carbocycles. The molecule has 1 aromatic carbocycles. The minimum absolute atomic E-state index is 0.0639. The monoisotopic (exact) mass is 336 g/mol. The van der Waals surface area contributed by atoms with Crippen molar-refractivity contribution in [3.05, 3.63) is 56.8 Å². The Morgan fingerprint density at radius 2 is 2.00 bits per heavy atom. The Bertz CT molecular complexity index is 733. The fourth-order valence-electron chi connectivity index (χ4n) is 2.84. The first-order chi connectivity index (χ1) is 10.5. The summed E-state index contributed by atoms with van der Waals surface area (Å²) in [5, 5.41) is 4.09. The van der Waals surface area contributed by atoms with Crippen molar-refractivity contribution in [3.8, 4) is 0 Å². The Morgan fingerprint density at radius 1 is 1.27 bits per heavy atom. The van der Waals surface area contributed by atoms with Crippen LogP contribution in [-0.2, 0) is 6.54 Å². The molecule has 22 heavy (non-hydrogen) atoms. The van der Waals surface area contributed by atoms with Gasteiger partial charge in [0.2, 0.25) is 0 Å². The van der Waals surface area contributed by atoms with Crippen LogP contribution in [0.15, 0.2) is 24.3 Å². The van der Waals surface area contributed by atoms with Crippen LogP contribution in [0.4, 0.5) is 0 Å². The predicted molar refractivity (Wildman–Crippen MR) is 89.8 cm³/mol. The summed E-state index contributed by atoms with van der Waals surface area (Å²) in [4.78, 5) is 12.4. The first-order valence-electron chi connectivity index (χ1n) is 7.38. The van der Waals surface area contributed by atoms with Crippen molar-refractivity contribution in [2.24, 2.45) is 0 Å². The molecule has 1 heterocycles. The van der Waals surface area contributed by atoms with E-state index < -0.39 is 0 Å². The lowest BCUT2D eigenvalue weighted by atomic mass is 10.2. The van der Waals surface area contributed by atoms with E-state index in [-0.39, 0.29) is 5.91 Å². The Balaban J connectivity index is 1.73. The van der Waals surface area contributed by atoms with Gasteiger partial charge in [-0.05, 0) is 50.5 Å². The van der Waals surface area contributed by atoms with Gasteiger partial charge in [-0.1, -0.05) is 29.3 Å². The van der Waals surface area contributed by atoms with E-state index in [2.05, 4.69) is 16.8 Å². The van der Waals surface area contributed by atoms with Crippen LogP contribution in [0, 0.1) is 13.8 Å². The van der Waals surface area contributed by atoms with Crippen molar-refractivity contribution in [3.63, 3.8) is 0 Å². The average molecular weight is 337 g/mol. The number of rotatable bonds is 4. The first kappa shape index (κ1) is 15.4. The molecule has 1 aliphatic rings. The van der Waals surface area contributed by atoms with Crippen LogP contribution in [0.3, 0.4) is 0 Å². The highest BCUT2D eigenvalue weighted by Crippen LogP contribution is 2.38. The van der Waals surface area contributed by atoms with Gasteiger partial charge >= 0.3 is 0 Å². The fourth-order valence-corrected chi connectivity index (χ4v) is 3.31. The molecule has 0 radical (unpaired) electrons. The number of aryl methyl sites for hydroxylation is 1. The number of amides is 1. The van der Waals surface area contributed by atoms with Crippen LogP contribution in [0.5, 0.6) is 0 Å². The highest BCUT2D eigenvalue weighted by atomic mass is 35.5. The summed E-state index contributed by atoms with van der Waals surface area (Å²) in [6.07, 6.45) is 2.41. The summed E-state index contributed by atoms with van der Waals surface area (Å²) in [5.74, 6) is -0.0639. The zero-order chi connectivity index (χ0) is 15.9. The molecule has 0 spiro atoms. The fraction of sp³-hybridized carbons (Fsp3) is 0.353. The number of halogens is 2. The molecule has 1 amide bonds. The van der Waals surface area contributed by atoms with Crippen molar-refractivity contribution >= 4 is 29.1 Å². The number of hydrogen-bond donors (Lipinski definition) is 1. The highest BCUT2D eigenvalue weighted by Gasteiger charge is 2.28. The summed E-state index contributed by atoms with van der Waals surface area (Å²) >= 11 is 12.0. The van der Waals surface area contributed by atoms with E-state index in [1.807, 2.05) is 19.1 Å². The number of carbonyl (C=O) groups is 1. The van der Waals surface area contributed by atoms with Crippen molar-refractivity contribution < 1.29 is 4.79 Å². The summed E-state index contributed by atoms with van der Waals surface area (Å²) in [5.41, 5.74) is 3.79. The molecule has 0 saturated heterocycles. The molecule has 5 heteroatoms. The van der Waals surface area contributed by atoms with E-state index in [4.69, 9.17) is 23.2 Å². The lowest BCUT2D eigenvalue weighted by Gasteiger charge is -2.09. The number of nitrogens with zero attached hydrogens (tertiary/aromatic N) is 1. The number of nitrogens with one attached hydrogen (secondary N) is 1. The number of carbonyl (C=O) groups excluding carboxylic acids is 1. The van der Waals surface area contributed by atoms with Gasteiger partial charge in [0.05, 0.1) is 5.56 Å². The van der Waals surface area contributed by atoms with Crippen LogP contribution in [0.25, 0.3) is 0 Å². The molecule has 3 rings (SSSR count). The minimum Gasteiger partial charge on any atom is -0.348 e. The third-order valence-electron chi connectivity index (χ3n) is 4.10. The summed E-state index contributed by atoms with van der Waals surface area (Å²) in [6.45, 7) is 4.45. The van der Waals surface area contributed by atoms with Crippen molar-refractivity contribution in [2.45, 2.75) is 39.3 Å². The van der Waals surface area contributed by atoms with Gasteiger partial charge in [-0.3, -0.25) is 4.79 Å². The van der Waals surface area contributed by atoms with Gasteiger partial charge in [0.1, 0.15) is 0 Å². The zero-order valence-electron chi connectivity index (χ0n) is 12.6. The molecule has 0 bridgehead atoms. The highest BCUT2D eigenvalue weighted by molar-refractivity contribution is 6.35. The van der Waals surface area contributed by atoms with E-state index >= 15 is 0 Å². The van der Waals surface area contributed by atoms with Gasteiger partial charge < -0.3 is 9.88 Å². The second-order valence-corrected chi connectivity index (χ2v) is 6.65. The third-order valence-corrected chi connectivity index (χ3v) is 4.68. The van der Waals surface area contributed by atoms with E-state index in [0.717, 1.165) is 22.5 Å². The molecule has 1 fully saturated rings. The van der Waals surface area contributed by atoms with E-state index in [0.29, 0.717) is 22.6 Å². The molecular weight excluding hydrogens is 319 g/mol. The Labute approximate surface area is 140 Å². The maximum atomic E-state index is 12.4. The number of aromatic nitrogens is 1. The predicted octanol–water partition coefficient (Wildman–Crippen LogP) is 4.68. The molecule has 2 aromatic rings. The Morgan fingerprint density at radius 3 is 2.64 bits per heavy atom. The van der Waals surface area contributed by atoms with Gasteiger partial charge in [0.25, 0.3) is 5.91 Å². The first-order valence-corrected chi connectivity index (χ1v) is 8.13. The second-order valence-electron chi connectivity index (χ2n) is 5.80. The second kappa shape index (κ2) is 5.98. The van der Waals surface area contributed by atoms with Crippen LogP contribution in [0.2, 0.25) is 10.0 Å². The van der Waals surface area contributed by atoms with Gasteiger partial charge in [-0.2, -0.15) is 0 Å². The van der Waals surface area contributed by atoms with Crippen molar-refractivity contribution in [1.29, 1.82) is 0 Å². The lowest BCUT2D eigenvalue weighted by Crippen LogP contribution is -2.23.